The van der Waals surface area contributed by atoms with E-state index >= 15 is 0 Å². The third-order valence-corrected chi connectivity index (χ3v) is 6.01. The van der Waals surface area contributed by atoms with Crippen LogP contribution in [0, 0.1) is 5.82 Å². The van der Waals surface area contributed by atoms with E-state index in [1.807, 2.05) is 30.3 Å². The third-order valence-electron chi connectivity index (χ3n) is 4.88. The molecule has 0 N–H and O–H groups in total. The van der Waals surface area contributed by atoms with Crippen molar-refractivity contribution in [3.8, 4) is 28.3 Å². The lowest BCUT2D eigenvalue weighted by molar-refractivity contribution is 0.0821. The Bertz CT molecular complexity index is 1390. The van der Waals surface area contributed by atoms with E-state index in [9.17, 15) is 17.6 Å². The Morgan fingerprint density at radius 3 is 2.28 bits per heavy atom. The van der Waals surface area contributed by atoms with Crippen LogP contribution in [0.5, 0.6) is 0 Å². The number of aromatic nitrogens is 2. The highest BCUT2D eigenvalue weighted by Crippen LogP contribution is 2.29. The van der Waals surface area contributed by atoms with Crippen LogP contribution in [0.25, 0.3) is 28.3 Å². The van der Waals surface area contributed by atoms with Gasteiger partial charge in [0, 0.05) is 37.5 Å². The van der Waals surface area contributed by atoms with Gasteiger partial charge in [-0.1, -0.05) is 24.3 Å². The van der Waals surface area contributed by atoms with E-state index in [-0.39, 0.29) is 17.3 Å². The lowest BCUT2D eigenvalue weighted by atomic mass is 10.1. The van der Waals surface area contributed by atoms with Crippen LogP contribution in [-0.4, -0.2) is 49.4 Å². The van der Waals surface area contributed by atoms with Gasteiger partial charge >= 0.3 is 0 Å². The van der Waals surface area contributed by atoms with Gasteiger partial charge in [0.2, 0.25) is 0 Å². The third kappa shape index (κ3) is 4.06. The number of carbonyl (C=O) groups excluding carboxylic acids is 1. The summed E-state index contributed by atoms with van der Waals surface area (Å²) in [6.45, 7) is 0. The lowest BCUT2D eigenvalue weighted by Crippen LogP contribution is -2.22. The maximum atomic E-state index is 14.6. The molecule has 0 spiro atoms. The topological polar surface area (TPSA) is 85.4 Å². The Labute approximate surface area is 184 Å². The van der Waals surface area contributed by atoms with Crippen LogP contribution in [0.15, 0.2) is 76.2 Å². The molecule has 1 amide bonds. The van der Waals surface area contributed by atoms with Crippen LogP contribution >= 0.6 is 0 Å². The van der Waals surface area contributed by atoms with Gasteiger partial charge in [0.25, 0.3) is 5.91 Å². The number of benzene rings is 2. The van der Waals surface area contributed by atoms with Crippen molar-refractivity contribution < 1.29 is 22.0 Å². The monoisotopic (exact) mass is 453 g/mol. The first-order valence-electron chi connectivity index (χ1n) is 9.61. The van der Waals surface area contributed by atoms with Gasteiger partial charge in [0.15, 0.2) is 15.5 Å². The van der Waals surface area contributed by atoms with E-state index in [1.54, 1.807) is 32.5 Å². The summed E-state index contributed by atoms with van der Waals surface area (Å²) in [5, 5.41) is 4.37. The molecule has 0 unspecified atom stereocenters. The fourth-order valence-electron chi connectivity index (χ4n) is 3.29. The molecule has 0 saturated heterocycles. The SMILES string of the molecule is CN(C)C(=O)c1cc(-c2ccc(-c3ccco3)cc2)n(-c2ccc(S(C)(=O)=O)c(F)c2)n1. The minimum Gasteiger partial charge on any atom is -0.464 e. The highest BCUT2D eigenvalue weighted by atomic mass is 32.2. The van der Waals surface area contributed by atoms with E-state index in [0.717, 1.165) is 23.4 Å². The second kappa shape index (κ2) is 8.08. The standard InChI is InChI=1S/C23H20FN3O4S/c1-26(2)23(28)19-14-20(15-6-8-16(9-7-15)21-5-4-12-31-21)27(25-19)17-10-11-22(18(24)13-17)32(3,29)30/h4-14H,1-3H3. The van der Waals surface area contributed by atoms with E-state index in [4.69, 9.17) is 4.42 Å². The minimum absolute atomic E-state index is 0.174. The number of sulfone groups is 1. The normalized spacial score (nSPS) is 11.5. The number of hydrogen-bond acceptors (Lipinski definition) is 5. The fraction of sp³-hybridized carbons (Fsp3) is 0.130. The van der Waals surface area contributed by atoms with Crippen molar-refractivity contribution in [1.82, 2.24) is 14.7 Å². The summed E-state index contributed by atoms with van der Waals surface area (Å²) in [4.78, 5) is 13.5. The van der Waals surface area contributed by atoms with E-state index in [2.05, 4.69) is 5.10 Å². The van der Waals surface area contributed by atoms with Crippen LogP contribution in [0.1, 0.15) is 10.5 Å². The molecule has 32 heavy (non-hydrogen) atoms. The number of rotatable bonds is 5. The van der Waals surface area contributed by atoms with Crippen molar-refractivity contribution in [2.75, 3.05) is 20.4 Å². The molecule has 0 aliphatic carbocycles. The zero-order chi connectivity index (χ0) is 23.0. The summed E-state index contributed by atoms with van der Waals surface area (Å²) in [5.41, 5.74) is 2.62. The maximum Gasteiger partial charge on any atom is 0.273 e. The van der Waals surface area contributed by atoms with Gasteiger partial charge in [-0.15, -0.1) is 0 Å². The molecule has 2 heterocycles. The molecular formula is C23H20FN3O4S. The first kappa shape index (κ1) is 21.5. The zero-order valence-corrected chi connectivity index (χ0v) is 18.4. The molecule has 4 aromatic rings. The predicted octanol–water partition coefficient (Wildman–Crippen LogP) is 4.04. The molecule has 4 rings (SSSR count). The van der Waals surface area contributed by atoms with E-state index < -0.39 is 20.5 Å². The van der Waals surface area contributed by atoms with Crippen molar-refractivity contribution in [3.05, 3.63) is 78.4 Å². The Kier molecular flexibility index (Phi) is 5.43. The number of nitrogens with zero attached hydrogens (tertiary/aromatic N) is 3. The molecule has 164 valence electrons. The Morgan fingerprint density at radius 1 is 1.03 bits per heavy atom. The molecule has 2 aromatic carbocycles. The summed E-state index contributed by atoms with van der Waals surface area (Å²) >= 11 is 0. The summed E-state index contributed by atoms with van der Waals surface area (Å²) in [6, 6.07) is 16.4. The zero-order valence-electron chi connectivity index (χ0n) is 17.6. The molecule has 2 aromatic heterocycles. The maximum absolute atomic E-state index is 14.6. The molecule has 0 atom stereocenters. The second-order valence-electron chi connectivity index (χ2n) is 7.47. The highest BCUT2D eigenvalue weighted by molar-refractivity contribution is 7.90. The van der Waals surface area contributed by atoms with Crippen LogP contribution < -0.4 is 0 Å². The fourth-order valence-corrected chi connectivity index (χ4v) is 4.02. The predicted molar refractivity (Wildman–Crippen MR) is 118 cm³/mol. The van der Waals surface area contributed by atoms with Crippen LogP contribution in [0.2, 0.25) is 0 Å². The van der Waals surface area contributed by atoms with Crippen molar-refractivity contribution in [1.29, 1.82) is 0 Å². The Hall–Kier alpha value is -3.72. The summed E-state index contributed by atoms with van der Waals surface area (Å²) < 4.78 is 44.9. The molecule has 0 aliphatic heterocycles. The van der Waals surface area contributed by atoms with E-state index in [0.29, 0.717) is 11.5 Å². The van der Waals surface area contributed by atoms with Gasteiger partial charge in [-0.3, -0.25) is 4.79 Å². The van der Waals surface area contributed by atoms with Crippen molar-refractivity contribution in [2.24, 2.45) is 0 Å². The molecule has 0 saturated carbocycles. The first-order valence-corrected chi connectivity index (χ1v) is 11.5. The van der Waals surface area contributed by atoms with Gasteiger partial charge in [0.1, 0.15) is 16.5 Å². The van der Waals surface area contributed by atoms with Crippen molar-refractivity contribution >= 4 is 15.7 Å². The number of carbonyl (C=O) groups is 1. The average molecular weight is 453 g/mol. The molecular weight excluding hydrogens is 433 g/mol. The first-order chi connectivity index (χ1) is 15.1. The van der Waals surface area contributed by atoms with Gasteiger partial charge in [-0.2, -0.15) is 5.10 Å². The molecule has 9 heteroatoms. The van der Waals surface area contributed by atoms with Crippen LogP contribution in [-0.2, 0) is 9.84 Å². The quantitative estimate of drug-likeness (QED) is 0.455. The number of amides is 1. The summed E-state index contributed by atoms with van der Waals surface area (Å²) in [6.07, 6.45) is 2.53. The average Bonchev–Trinajstić information content (AvgIpc) is 3.42. The minimum atomic E-state index is -3.71. The molecule has 0 bridgehead atoms. The summed E-state index contributed by atoms with van der Waals surface area (Å²) in [5.74, 6) is -0.488. The molecule has 0 aliphatic rings. The van der Waals surface area contributed by atoms with Gasteiger partial charge in [-0.25, -0.2) is 17.5 Å². The van der Waals surface area contributed by atoms with Crippen molar-refractivity contribution in [2.45, 2.75) is 4.90 Å². The summed E-state index contributed by atoms with van der Waals surface area (Å²) in [7, 11) is -0.493. The van der Waals surface area contributed by atoms with E-state index in [1.165, 1.54) is 21.7 Å². The second-order valence-corrected chi connectivity index (χ2v) is 9.45. The lowest BCUT2D eigenvalue weighted by Gasteiger charge is -2.10. The largest absolute Gasteiger partial charge is 0.464 e. The number of hydrogen-bond donors (Lipinski definition) is 0. The molecule has 0 radical (unpaired) electrons. The number of furan rings is 1. The van der Waals surface area contributed by atoms with Crippen LogP contribution in [0.4, 0.5) is 4.39 Å². The van der Waals surface area contributed by atoms with Crippen LogP contribution in [0.3, 0.4) is 0 Å². The van der Waals surface area contributed by atoms with Gasteiger partial charge in [-0.05, 0) is 30.3 Å². The van der Waals surface area contributed by atoms with Gasteiger partial charge in [0.05, 0.1) is 17.6 Å². The van der Waals surface area contributed by atoms with Gasteiger partial charge < -0.3 is 9.32 Å². The Morgan fingerprint density at radius 2 is 1.72 bits per heavy atom. The smallest absolute Gasteiger partial charge is 0.273 e. The molecule has 7 nitrogen and oxygen atoms in total. The van der Waals surface area contributed by atoms with Crippen molar-refractivity contribution in [3.63, 3.8) is 0 Å². The molecule has 0 fully saturated rings. The Balaban J connectivity index is 1.84. The number of halogens is 1. The highest BCUT2D eigenvalue weighted by Gasteiger charge is 2.20.